The van der Waals surface area contributed by atoms with Gasteiger partial charge in [0.1, 0.15) is 17.5 Å². The van der Waals surface area contributed by atoms with Crippen molar-refractivity contribution in [3.05, 3.63) is 53.9 Å². The van der Waals surface area contributed by atoms with Crippen molar-refractivity contribution < 1.29 is 4.74 Å². The quantitative estimate of drug-likeness (QED) is 0.519. The van der Waals surface area contributed by atoms with Crippen molar-refractivity contribution in [2.24, 2.45) is 0 Å². The van der Waals surface area contributed by atoms with E-state index in [0.717, 1.165) is 100 Å². The van der Waals surface area contributed by atoms with Crippen LogP contribution < -0.4 is 20.4 Å². The van der Waals surface area contributed by atoms with Gasteiger partial charge in [0.05, 0.1) is 17.2 Å². The lowest BCUT2D eigenvalue weighted by molar-refractivity contribution is -0.118. The maximum absolute atomic E-state index is 9.54. The minimum absolute atomic E-state index is 0.0704. The fourth-order valence-electron chi connectivity index (χ4n) is 5.89. The molecule has 6 rings (SSSR count). The Labute approximate surface area is 223 Å². The number of anilines is 2. The van der Waals surface area contributed by atoms with E-state index in [1.54, 1.807) is 6.20 Å². The summed E-state index contributed by atoms with van der Waals surface area (Å²) in [6.45, 7) is 12.2. The second kappa shape index (κ2) is 10.8. The summed E-state index contributed by atoms with van der Waals surface area (Å²) in [7, 11) is 0. The molecule has 0 bridgehead atoms. The molecule has 0 radical (unpaired) electrons. The number of piperazine rings is 2. The predicted molar refractivity (Wildman–Crippen MR) is 147 cm³/mol. The molecule has 10 nitrogen and oxygen atoms in total. The first-order valence-corrected chi connectivity index (χ1v) is 13.6. The summed E-state index contributed by atoms with van der Waals surface area (Å²) in [4.78, 5) is 21.0. The molecule has 2 aromatic heterocycles. The molecule has 2 N–H and O–H groups in total. The molecular formula is C28H35N9O. The predicted octanol–water partition coefficient (Wildman–Crippen LogP) is 1.33. The lowest BCUT2D eigenvalue weighted by Gasteiger charge is -2.43. The van der Waals surface area contributed by atoms with E-state index in [1.807, 2.05) is 36.5 Å². The van der Waals surface area contributed by atoms with Crippen molar-refractivity contribution in [2.45, 2.75) is 18.6 Å². The molecule has 0 unspecified atom stereocenters. The van der Waals surface area contributed by atoms with Gasteiger partial charge < -0.3 is 25.2 Å². The number of pyridine rings is 1. The molecule has 0 saturated carbocycles. The van der Waals surface area contributed by atoms with Crippen LogP contribution in [0.3, 0.4) is 0 Å². The lowest BCUT2D eigenvalue weighted by atomic mass is 9.89. The van der Waals surface area contributed by atoms with Crippen LogP contribution in [0.1, 0.15) is 18.1 Å². The zero-order chi connectivity index (χ0) is 26.0. The van der Waals surface area contributed by atoms with Crippen molar-refractivity contribution in [3.63, 3.8) is 0 Å². The van der Waals surface area contributed by atoms with Gasteiger partial charge in [0, 0.05) is 89.8 Å². The molecule has 2 atom stereocenters. The zero-order valence-corrected chi connectivity index (χ0v) is 21.9. The van der Waals surface area contributed by atoms with Crippen LogP contribution in [0.25, 0.3) is 10.9 Å². The molecule has 0 aliphatic carbocycles. The van der Waals surface area contributed by atoms with E-state index in [-0.39, 0.29) is 6.10 Å². The fraction of sp³-hybridized carbons (Fsp3) is 0.500. The van der Waals surface area contributed by atoms with E-state index in [2.05, 4.69) is 48.3 Å². The highest BCUT2D eigenvalue weighted by Crippen LogP contribution is 2.35. The summed E-state index contributed by atoms with van der Waals surface area (Å²) in [5.41, 5.74) is 1.90. The number of morpholine rings is 1. The summed E-state index contributed by atoms with van der Waals surface area (Å²) in [6.07, 6.45) is 3.70. The summed E-state index contributed by atoms with van der Waals surface area (Å²) in [6, 6.07) is 12.2. The molecule has 0 spiro atoms. The molecule has 0 amide bonds. The van der Waals surface area contributed by atoms with Crippen molar-refractivity contribution in [3.8, 4) is 6.07 Å². The van der Waals surface area contributed by atoms with Crippen molar-refractivity contribution in [2.75, 3.05) is 81.8 Å². The first kappa shape index (κ1) is 24.9. The number of hydrogen-bond acceptors (Lipinski definition) is 10. The first-order chi connectivity index (χ1) is 18.6. The highest BCUT2D eigenvalue weighted by atomic mass is 16.5. The SMILES string of the molecule is C[C@@]1(c2ccc(C#N)c3ncccc23)CNC[C@@H](CN2CCN(c3ccnc(N4CCNCC4)n3)CC2)O1. The Balaban J connectivity index is 1.09. The smallest absolute Gasteiger partial charge is 0.227 e. The van der Waals surface area contributed by atoms with Gasteiger partial charge in [0.15, 0.2) is 0 Å². The largest absolute Gasteiger partial charge is 0.363 e. The van der Waals surface area contributed by atoms with Crippen molar-refractivity contribution in [1.29, 1.82) is 5.26 Å². The number of rotatable bonds is 5. The standard InChI is InChI=1S/C28H35N9O/c1-28(24-5-4-21(17-29)26-23(24)3-2-7-32-26)20-31-18-22(38-28)19-35-13-15-36(16-14-35)25-6-8-33-27(34-25)37-11-9-30-10-12-37/h2-8,22,30-31H,9-16,18-20H2,1H3/t22-,28-/m0/s1. The van der Waals surface area contributed by atoms with Gasteiger partial charge in [-0.3, -0.25) is 9.88 Å². The number of nitriles is 1. The molecule has 5 heterocycles. The van der Waals surface area contributed by atoms with E-state index >= 15 is 0 Å². The number of ether oxygens (including phenoxy) is 1. The molecule has 3 aliphatic heterocycles. The number of benzene rings is 1. The van der Waals surface area contributed by atoms with Crippen LogP contribution in [0.4, 0.5) is 11.8 Å². The van der Waals surface area contributed by atoms with Gasteiger partial charge in [-0.05, 0) is 30.7 Å². The molecule has 1 aromatic carbocycles. The van der Waals surface area contributed by atoms with Gasteiger partial charge in [-0.15, -0.1) is 0 Å². The number of nitrogens with zero attached hydrogens (tertiary/aromatic N) is 7. The Bertz CT molecular complexity index is 1310. The van der Waals surface area contributed by atoms with Gasteiger partial charge in [-0.25, -0.2) is 4.98 Å². The fourth-order valence-corrected chi connectivity index (χ4v) is 5.89. The third-order valence-corrected chi connectivity index (χ3v) is 7.91. The molecule has 3 fully saturated rings. The summed E-state index contributed by atoms with van der Waals surface area (Å²) >= 11 is 0. The van der Waals surface area contributed by atoms with Crippen molar-refractivity contribution in [1.82, 2.24) is 30.5 Å². The Morgan fingerprint density at radius 1 is 1.00 bits per heavy atom. The lowest BCUT2D eigenvalue weighted by Crippen LogP contribution is -2.56. The third-order valence-electron chi connectivity index (χ3n) is 7.91. The Kier molecular flexibility index (Phi) is 7.08. The second-order valence-corrected chi connectivity index (χ2v) is 10.5. The summed E-state index contributed by atoms with van der Waals surface area (Å²) in [5.74, 6) is 1.84. The molecule has 3 saturated heterocycles. The van der Waals surface area contributed by atoms with Crippen molar-refractivity contribution >= 4 is 22.7 Å². The van der Waals surface area contributed by atoms with E-state index in [1.165, 1.54) is 0 Å². The maximum Gasteiger partial charge on any atom is 0.227 e. The molecule has 10 heteroatoms. The van der Waals surface area contributed by atoms with E-state index in [9.17, 15) is 5.26 Å². The molecule has 198 valence electrons. The van der Waals surface area contributed by atoms with Crippen LogP contribution in [0.15, 0.2) is 42.7 Å². The van der Waals surface area contributed by atoms with Crippen LogP contribution in [0, 0.1) is 11.3 Å². The van der Waals surface area contributed by atoms with Crippen LogP contribution in [-0.4, -0.2) is 97.9 Å². The Morgan fingerprint density at radius 3 is 2.66 bits per heavy atom. The van der Waals surface area contributed by atoms with Gasteiger partial charge in [-0.1, -0.05) is 12.1 Å². The minimum atomic E-state index is -0.499. The number of aromatic nitrogens is 3. The van der Waals surface area contributed by atoms with Gasteiger partial charge in [0.25, 0.3) is 0 Å². The molecule has 38 heavy (non-hydrogen) atoms. The normalized spacial score (nSPS) is 24.9. The number of hydrogen-bond donors (Lipinski definition) is 2. The monoisotopic (exact) mass is 513 g/mol. The topological polar surface area (TPSA) is 105 Å². The van der Waals surface area contributed by atoms with E-state index in [0.29, 0.717) is 5.56 Å². The average molecular weight is 514 g/mol. The van der Waals surface area contributed by atoms with Gasteiger partial charge >= 0.3 is 0 Å². The van der Waals surface area contributed by atoms with Crippen LogP contribution in [0.2, 0.25) is 0 Å². The highest BCUT2D eigenvalue weighted by Gasteiger charge is 2.37. The van der Waals surface area contributed by atoms with Crippen LogP contribution >= 0.6 is 0 Å². The minimum Gasteiger partial charge on any atom is -0.363 e. The van der Waals surface area contributed by atoms with E-state index < -0.39 is 5.60 Å². The Morgan fingerprint density at radius 2 is 1.84 bits per heavy atom. The van der Waals surface area contributed by atoms with Gasteiger partial charge in [0.2, 0.25) is 5.95 Å². The Hall–Kier alpha value is -3.36. The highest BCUT2D eigenvalue weighted by molar-refractivity contribution is 5.87. The summed E-state index contributed by atoms with van der Waals surface area (Å²) in [5, 5.41) is 17.5. The number of fused-ring (bicyclic) bond motifs is 1. The molecule has 3 aromatic rings. The summed E-state index contributed by atoms with van der Waals surface area (Å²) < 4.78 is 6.78. The first-order valence-electron chi connectivity index (χ1n) is 13.6. The molecule has 3 aliphatic rings. The maximum atomic E-state index is 9.54. The molecular weight excluding hydrogens is 478 g/mol. The zero-order valence-electron chi connectivity index (χ0n) is 21.9. The third kappa shape index (κ3) is 5.02. The van der Waals surface area contributed by atoms with Gasteiger partial charge in [-0.2, -0.15) is 10.2 Å². The average Bonchev–Trinajstić information content (AvgIpc) is 2.97. The second-order valence-electron chi connectivity index (χ2n) is 10.5. The van der Waals surface area contributed by atoms with Crippen LogP contribution in [0.5, 0.6) is 0 Å². The van der Waals surface area contributed by atoms with Crippen LogP contribution in [-0.2, 0) is 10.3 Å². The number of nitrogens with one attached hydrogen (secondary N) is 2. The van der Waals surface area contributed by atoms with E-state index in [4.69, 9.17) is 9.72 Å².